The molecule has 0 radical (unpaired) electrons. The number of carbonyl (C=O) groups is 1. The number of amides is 1. The van der Waals surface area contributed by atoms with Gasteiger partial charge in [0.1, 0.15) is 5.82 Å². The molecular formula is C11H10FNO. The van der Waals surface area contributed by atoms with E-state index in [1.807, 2.05) is 0 Å². The van der Waals surface area contributed by atoms with Crippen molar-refractivity contribution in [2.45, 2.75) is 24.7 Å². The molecule has 3 rings (SSSR count). The molecule has 2 aliphatic rings. The van der Waals surface area contributed by atoms with Gasteiger partial charge in [-0.2, -0.15) is 0 Å². The van der Waals surface area contributed by atoms with E-state index >= 15 is 0 Å². The van der Waals surface area contributed by atoms with Gasteiger partial charge in [0.25, 0.3) is 0 Å². The highest BCUT2D eigenvalue weighted by Crippen LogP contribution is 2.51. The fraction of sp³-hybridized carbons (Fsp3) is 0.364. The first-order chi connectivity index (χ1) is 6.74. The first kappa shape index (κ1) is 7.97. The van der Waals surface area contributed by atoms with E-state index in [2.05, 4.69) is 5.32 Å². The Hall–Kier alpha value is -1.38. The number of nitrogens with one attached hydrogen (secondary N) is 1. The molecule has 1 aromatic carbocycles. The van der Waals surface area contributed by atoms with E-state index < -0.39 is 5.41 Å². The minimum atomic E-state index is -0.527. The quantitative estimate of drug-likeness (QED) is 0.669. The third-order valence-electron chi connectivity index (χ3n) is 3.38. The molecule has 1 heterocycles. The average Bonchev–Trinajstić information content (AvgIpc) is 2.37. The lowest BCUT2D eigenvalue weighted by atomic mass is 9.65. The van der Waals surface area contributed by atoms with Crippen LogP contribution in [0.15, 0.2) is 18.2 Å². The van der Waals surface area contributed by atoms with Crippen LogP contribution in [0.25, 0.3) is 0 Å². The molecule has 0 aromatic heterocycles. The van der Waals surface area contributed by atoms with E-state index in [4.69, 9.17) is 0 Å². The normalized spacial score (nSPS) is 21.6. The Kier molecular flexibility index (Phi) is 1.34. The van der Waals surface area contributed by atoms with Crippen LogP contribution in [0.5, 0.6) is 0 Å². The number of hydrogen-bond donors (Lipinski definition) is 1. The minimum absolute atomic E-state index is 0.0242. The highest BCUT2D eigenvalue weighted by Gasteiger charge is 2.52. The van der Waals surface area contributed by atoms with Crippen molar-refractivity contribution in [2.75, 3.05) is 5.32 Å². The van der Waals surface area contributed by atoms with Crippen molar-refractivity contribution >= 4 is 11.6 Å². The summed E-state index contributed by atoms with van der Waals surface area (Å²) in [5.74, 6) is -0.274. The van der Waals surface area contributed by atoms with Crippen LogP contribution < -0.4 is 5.32 Å². The van der Waals surface area contributed by atoms with Crippen LogP contribution >= 0.6 is 0 Å². The molecule has 0 saturated heterocycles. The second kappa shape index (κ2) is 2.35. The third kappa shape index (κ3) is 0.733. The number of benzene rings is 1. The zero-order valence-electron chi connectivity index (χ0n) is 7.64. The molecule has 14 heavy (non-hydrogen) atoms. The Morgan fingerprint density at radius 3 is 2.79 bits per heavy atom. The van der Waals surface area contributed by atoms with Gasteiger partial charge in [-0.1, -0.05) is 12.5 Å². The number of hydrogen-bond acceptors (Lipinski definition) is 1. The fourth-order valence-electron chi connectivity index (χ4n) is 2.48. The predicted molar refractivity (Wildman–Crippen MR) is 50.6 cm³/mol. The van der Waals surface area contributed by atoms with E-state index in [0.717, 1.165) is 19.3 Å². The second-order valence-electron chi connectivity index (χ2n) is 4.05. The molecule has 1 aliphatic carbocycles. The van der Waals surface area contributed by atoms with Crippen LogP contribution in [0, 0.1) is 5.82 Å². The van der Waals surface area contributed by atoms with Crippen LogP contribution in [0.3, 0.4) is 0 Å². The van der Waals surface area contributed by atoms with Gasteiger partial charge in [-0.25, -0.2) is 4.39 Å². The smallest absolute Gasteiger partial charge is 0.235 e. The summed E-state index contributed by atoms with van der Waals surface area (Å²) in [5.41, 5.74) is 0.728. The highest BCUT2D eigenvalue weighted by molar-refractivity contribution is 6.06. The summed E-state index contributed by atoms with van der Waals surface area (Å²) in [6, 6.07) is 4.83. The van der Waals surface area contributed by atoms with Gasteiger partial charge in [0.15, 0.2) is 0 Å². The summed E-state index contributed by atoms with van der Waals surface area (Å²) in [5, 5.41) is 2.75. The van der Waals surface area contributed by atoms with Crippen LogP contribution in [-0.4, -0.2) is 5.91 Å². The highest BCUT2D eigenvalue weighted by atomic mass is 19.1. The molecule has 3 heteroatoms. The lowest BCUT2D eigenvalue weighted by molar-refractivity contribution is -0.123. The summed E-state index contributed by atoms with van der Waals surface area (Å²) in [7, 11) is 0. The van der Waals surface area contributed by atoms with Crippen molar-refractivity contribution in [1.82, 2.24) is 0 Å². The van der Waals surface area contributed by atoms with E-state index in [1.165, 1.54) is 6.07 Å². The molecule has 0 unspecified atom stereocenters. The standard InChI is InChI=1S/C11H10FNO/c12-7-3-1-4-8-9(7)11(5-2-6-11)10(14)13-8/h1,3-4H,2,5-6H2,(H,13,14). The Morgan fingerprint density at radius 2 is 2.14 bits per heavy atom. The lowest BCUT2D eigenvalue weighted by Gasteiger charge is -2.36. The van der Waals surface area contributed by atoms with Gasteiger partial charge in [-0.15, -0.1) is 0 Å². The van der Waals surface area contributed by atoms with E-state index in [1.54, 1.807) is 12.1 Å². The first-order valence-corrected chi connectivity index (χ1v) is 4.84. The number of fused-ring (bicyclic) bond motifs is 2. The maximum Gasteiger partial charge on any atom is 0.235 e. The molecular weight excluding hydrogens is 181 g/mol. The molecule has 1 aliphatic heterocycles. The van der Waals surface area contributed by atoms with Crippen molar-refractivity contribution in [3.05, 3.63) is 29.6 Å². The van der Waals surface area contributed by atoms with Crippen LogP contribution in [0.1, 0.15) is 24.8 Å². The molecule has 2 nitrogen and oxygen atoms in total. The summed E-state index contributed by atoms with van der Waals surface area (Å²) in [6.07, 6.45) is 2.58. The van der Waals surface area contributed by atoms with Crippen molar-refractivity contribution in [1.29, 1.82) is 0 Å². The van der Waals surface area contributed by atoms with Crippen molar-refractivity contribution < 1.29 is 9.18 Å². The zero-order chi connectivity index (χ0) is 9.76. The van der Waals surface area contributed by atoms with E-state index in [9.17, 15) is 9.18 Å². The van der Waals surface area contributed by atoms with E-state index in [-0.39, 0.29) is 11.7 Å². The van der Waals surface area contributed by atoms with Crippen molar-refractivity contribution in [3.8, 4) is 0 Å². The first-order valence-electron chi connectivity index (χ1n) is 4.84. The predicted octanol–water partition coefficient (Wildman–Crippen LogP) is 2.20. The molecule has 0 bridgehead atoms. The number of rotatable bonds is 0. The number of halogens is 1. The third-order valence-corrected chi connectivity index (χ3v) is 3.38. The maximum atomic E-state index is 13.6. The molecule has 1 spiro atoms. The Bertz CT molecular complexity index is 423. The molecule has 1 N–H and O–H groups in total. The van der Waals surface area contributed by atoms with Crippen LogP contribution in [0.2, 0.25) is 0 Å². The molecule has 1 aromatic rings. The summed E-state index contributed by atoms with van der Waals surface area (Å²) in [4.78, 5) is 11.7. The van der Waals surface area contributed by atoms with Gasteiger partial charge in [0, 0.05) is 11.3 Å². The van der Waals surface area contributed by atoms with Crippen LogP contribution in [0.4, 0.5) is 10.1 Å². The maximum absolute atomic E-state index is 13.6. The zero-order valence-corrected chi connectivity index (χ0v) is 7.64. The minimum Gasteiger partial charge on any atom is -0.325 e. The van der Waals surface area contributed by atoms with Gasteiger partial charge in [-0.05, 0) is 25.0 Å². The van der Waals surface area contributed by atoms with Gasteiger partial charge in [0.05, 0.1) is 5.41 Å². The number of anilines is 1. The topological polar surface area (TPSA) is 29.1 Å². The fourth-order valence-corrected chi connectivity index (χ4v) is 2.48. The molecule has 1 saturated carbocycles. The number of carbonyl (C=O) groups excluding carboxylic acids is 1. The monoisotopic (exact) mass is 191 g/mol. The average molecular weight is 191 g/mol. The molecule has 72 valence electrons. The molecule has 0 atom stereocenters. The van der Waals surface area contributed by atoms with Gasteiger partial charge in [0.2, 0.25) is 5.91 Å². The lowest BCUT2D eigenvalue weighted by Crippen LogP contribution is -2.41. The second-order valence-corrected chi connectivity index (χ2v) is 4.05. The van der Waals surface area contributed by atoms with Crippen molar-refractivity contribution in [3.63, 3.8) is 0 Å². The Labute approximate surface area is 81.1 Å². The van der Waals surface area contributed by atoms with Crippen LogP contribution in [-0.2, 0) is 10.2 Å². The largest absolute Gasteiger partial charge is 0.325 e. The Balaban J connectivity index is 2.25. The summed E-state index contributed by atoms with van der Waals surface area (Å²) in [6.45, 7) is 0. The van der Waals surface area contributed by atoms with Gasteiger partial charge < -0.3 is 5.32 Å². The van der Waals surface area contributed by atoms with Crippen molar-refractivity contribution in [2.24, 2.45) is 0 Å². The summed E-state index contributed by atoms with van der Waals surface area (Å²) >= 11 is 0. The molecule has 1 amide bonds. The molecule has 1 fully saturated rings. The Morgan fingerprint density at radius 1 is 1.36 bits per heavy atom. The van der Waals surface area contributed by atoms with E-state index in [0.29, 0.717) is 11.3 Å². The van der Waals surface area contributed by atoms with Gasteiger partial charge >= 0.3 is 0 Å². The van der Waals surface area contributed by atoms with Gasteiger partial charge in [-0.3, -0.25) is 4.79 Å². The SMILES string of the molecule is O=C1Nc2cccc(F)c2C12CCC2. The summed E-state index contributed by atoms with van der Waals surface area (Å²) < 4.78 is 13.6.